The van der Waals surface area contributed by atoms with E-state index >= 15 is 0 Å². The lowest BCUT2D eigenvalue weighted by Crippen LogP contribution is -2.60. The second-order valence-corrected chi connectivity index (χ2v) is 9.73. The van der Waals surface area contributed by atoms with E-state index in [0.29, 0.717) is 24.8 Å². The molecule has 2 aliphatic heterocycles. The van der Waals surface area contributed by atoms with Gasteiger partial charge < -0.3 is 10.1 Å². The number of ether oxygens (including phenoxy) is 1. The number of amides is 1. The Bertz CT molecular complexity index is 1110. The second-order valence-electron chi connectivity index (χ2n) is 9.73. The molecular weight excluding hydrogens is 419 g/mol. The zero-order chi connectivity index (χ0) is 22.9. The van der Waals surface area contributed by atoms with Crippen LogP contribution in [-0.2, 0) is 17.8 Å². The van der Waals surface area contributed by atoms with E-state index in [0.717, 1.165) is 42.4 Å². The van der Waals surface area contributed by atoms with E-state index in [-0.39, 0.29) is 29.8 Å². The Balaban J connectivity index is 1.30. The average Bonchev–Trinajstić information content (AvgIpc) is 3.14. The number of para-hydroxylation sites is 1. The van der Waals surface area contributed by atoms with Crippen molar-refractivity contribution in [2.75, 3.05) is 13.2 Å². The van der Waals surface area contributed by atoms with E-state index < -0.39 is 0 Å². The van der Waals surface area contributed by atoms with Gasteiger partial charge in [-0.05, 0) is 42.5 Å². The summed E-state index contributed by atoms with van der Waals surface area (Å²) in [5, 5.41) is 8.85. The van der Waals surface area contributed by atoms with E-state index in [1.165, 1.54) is 12.1 Å². The van der Waals surface area contributed by atoms with Crippen molar-refractivity contribution >= 4 is 16.8 Å². The maximum atomic E-state index is 13.3. The first-order valence-electron chi connectivity index (χ1n) is 11.8. The van der Waals surface area contributed by atoms with Crippen molar-refractivity contribution in [3.63, 3.8) is 0 Å². The zero-order valence-electron chi connectivity index (χ0n) is 19.2. The predicted molar refractivity (Wildman–Crippen MR) is 125 cm³/mol. The molecule has 0 saturated carbocycles. The van der Waals surface area contributed by atoms with Crippen LogP contribution >= 0.6 is 0 Å². The molecule has 3 aromatic rings. The highest BCUT2D eigenvalue weighted by molar-refractivity contribution is 6.05. The monoisotopic (exact) mass is 450 g/mol. The number of nitrogens with zero attached hydrogens (tertiary/aromatic N) is 3. The largest absolute Gasteiger partial charge is 0.378 e. The standard InChI is InChI=1S/C26H31FN4O2/c1-17(2)13-31-24-6-4-3-5-23(24)25(29-31)26(32)28-20-11-21-15-33-16-22(12-20)30(21)14-18-7-9-19(27)10-8-18/h3-10,17,20-22H,11-16H2,1-2H3,(H,28,32)/t20?,21-,22+. The lowest BCUT2D eigenvalue weighted by molar-refractivity contribution is -0.0843. The van der Waals surface area contributed by atoms with Crippen molar-refractivity contribution in [2.24, 2.45) is 5.92 Å². The highest BCUT2D eigenvalue weighted by atomic mass is 19.1. The summed E-state index contributed by atoms with van der Waals surface area (Å²) in [6, 6.07) is 15.2. The molecule has 2 saturated heterocycles. The van der Waals surface area contributed by atoms with Crippen LogP contribution in [-0.4, -0.2) is 51.9 Å². The molecule has 1 amide bonds. The van der Waals surface area contributed by atoms with Crippen molar-refractivity contribution < 1.29 is 13.9 Å². The van der Waals surface area contributed by atoms with E-state index in [2.05, 4.69) is 29.2 Å². The summed E-state index contributed by atoms with van der Waals surface area (Å²) in [4.78, 5) is 15.7. The number of morpholine rings is 1. The Kier molecular flexibility index (Phi) is 6.17. The third-order valence-electron chi connectivity index (χ3n) is 6.70. The molecule has 1 unspecified atom stereocenters. The molecule has 2 aromatic carbocycles. The molecule has 0 aliphatic carbocycles. The Morgan fingerprint density at radius 3 is 2.52 bits per heavy atom. The Morgan fingerprint density at radius 1 is 1.12 bits per heavy atom. The molecule has 3 atom stereocenters. The predicted octanol–water partition coefficient (Wildman–Crippen LogP) is 3.99. The number of benzene rings is 2. The van der Waals surface area contributed by atoms with Gasteiger partial charge in [-0.2, -0.15) is 5.10 Å². The summed E-state index contributed by atoms with van der Waals surface area (Å²) in [5.74, 6) is 0.116. The molecule has 2 bridgehead atoms. The average molecular weight is 451 g/mol. The number of fused-ring (bicyclic) bond motifs is 3. The summed E-state index contributed by atoms with van der Waals surface area (Å²) in [7, 11) is 0. The molecule has 1 N–H and O–H groups in total. The zero-order valence-corrected chi connectivity index (χ0v) is 19.2. The van der Waals surface area contributed by atoms with E-state index in [1.54, 1.807) is 0 Å². The molecular formula is C26H31FN4O2. The molecule has 3 heterocycles. The van der Waals surface area contributed by atoms with Gasteiger partial charge in [0.15, 0.2) is 5.69 Å². The molecule has 174 valence electrons. The molecule has 7 heteroatoms. The smallest absolute Gasteiger partial charge is 0.272 e. The van der Waals surface area contributed by atoms with Crippen LogP contribution in [0.2, 0.25) is 0 Å². The number of hydrogen-bond acceptors (Lipinski definition) is 4. The van der Waals surface area contributed by atoms with Gasteiger partial charge >= 0.3 is 0 Å². The Morgan fingerprint density at radius 2 is 1.82 bits per heavy atom. The lowest BCUT2D eigenvalue weighted by atomic mass is 9.89. The molecule has 5 rings (SSSR count). The SMILES string of the molecule is CC(C)Cn1nc(C(=O)NC2C[C@H]3COC[C@@H](C2)N3Cc2ccc(F)cc2)c2ccccc21. The van der Waals surface area contributed by atoms with E-state index in [9.17, 15) is 9.18 Å². The van der Waals surface area contributed by atoms with Gasteiger partial charge in [0, 0.05) is 36.6 Å². The molecule has 2 aliphatic rings. The fraction of sp³-hybridized carbons (Fsp3) is 0.462. The number of hydrogen-bond donors (Lipinski definition) is 1. The molecule has 33 heavy (non-hydrogen) atoms. The topological polar surface area (TPSA) is 59.4 Å². The summed E-state index contributed by atoms with van der Waals surface area (Å²) >= 11 is 0. The number of halogens is 1. The number of piperidine rings is 1. The van der Waals surface area contributed by atoms with Crippen LogP contribution in [0.1, 0.15) is 42.7 Å². The quantitative estimate of drug-likeness (QED) is 0.617. The Labute approximate surface area is 193 Å². The molecule has 2 fully saturated rings. The van der Waals surface area contributed by atoms with Crippen LogP contribution in [0.4, 0.5) is 4.39 Å². The van der Waals surface area contributed by atoms with E-state index in [4.69, 9.17) is 4.74 Å². The first-order chi connectivity index (χ1) is 16.0. The van der Waals surface area contributed by atoms with Crippen LogP contribution < -0.4 is 5.32 Å². The van der Waals surface area contributed by atoms with Crippen molar-refractivity contribution in [3.05, 3.63) is 65.6 Å². The summed E-state index contributed by atoms with van der Waals surface area (Å²) in [6.45, 7) is 7.14. The minimum Gasteiger partial charge on any atom is -0.378 e. The van der Waals surface area contributed by atoms with Gasteiger partial charge in [0.05, 0.1) is 18.7 Å². The third kappa shape index (κ3) is 4.66. The van der Waals surface area contributed by atoms with Gasteiger partial charge in [-0.1, -0.05) is 44.2 Å². The van der Waals surface area contributed by atoms with Gasteiger partial charge in [-0.3, -0.25) is 14.4 Å². The van der Waals surface area contributed by atoms with Gasteiger partial charge in [-0.15, -0.1) is 0 Å². The lowest BCUT2D eigenvalue weighted by Gasteiger charge is -2.48. The van der Waals surface area contributed by atoms with Gasteiger partial charge in [0.1, 0.15) is 5.82 Å². The van der Waals surface area contributed by atoms with Crippen LogP contribution in [0.25, 0.3) is 10.9 Å². The van der Waals surface area contributed by atoms with Gasteiger partial charge in [0.2, 0.25) is 0 Å². The van der Waals surface area contributed by atoms with Crippen LogP contribution in [0.5, 0.6) is 0 Å². The molecule has 0 radical (unpaired) electrons. The summed E-state index contributed by atoms with van der Waals surface area (Å²) in [6.07, 6.45) is 1.65. The van der Waals surface area contributed by atoms with Crippen LogP contribution in [0, 0.1) is 11.7 Å². The minimum atomic E-state index is -0.216. The highest BCUT2D eigenvalue weighted by Crippen LogP contribution is 2.30. The van der Waals surface area contributed by atoms with Crippen molar-refractivity contribution in [2.45, 2.75) is 57.9 Å². The summed E-state index contributed by atoms with van der Waals surface area (Å²) in [5.41, 5.74) is 2.59. The fourth-order valence-electron chi connectivity index (χ4n) is 5.20. The normalized spacial score (nSPS) is 23.2. The Hall–Kier alpha value is -2.77. The molecule has 1 aromatic heterocycles. The number of rotatable bonds is 6. The van der Waals surface area contributed by atoms with Gasteiger partial charge in [-0.25, -0.2) is 4.39 Å². The fourth-order valence-corrected chi connectivity index (χ4v) is 5.20. The van der Waals surface area contributed by atoms with E-state index in [1.807, 2.05) is 41.1 Å². The maximum Gasteiger partial charge on any atom is 0.272 e. The first kappa shape index (κ1) is 22.0. The van der Waals surface area contributed by atoms with Crippen LogP contribution in [0.3, 0.4) is 0 Å². The maximum absolute atomic E-state index is 13.3. The second kappa shape index (κ2) is 9.23. The number of carbonyl (C=O) groups excluding carboxylic acids is 1. The number of carbonyl (C=O) groups is 1. The molecule has 6 nitrogen and oxygen atoms in total. The van der Waals surface area contributed by atoms with Crippen molar-refractivity contribution in [3.8, 4) is 0 Å². The first-order valence-corrected chi connectivity index (χ1v) is 11.8. The highest BCUT2D eigenvalue weighted by Gasteiger charge is 2.39. The number of nitrogens with one attached hydrogen (secondary N) is 1. The van der Waals surface area contributed by atoms with Crippen molar-refractivity contribution in [1.82, 2.24) is 20.0 Å². The summed E-state index contributed by atoms with van der Waals surface area (Å²) < 4.78 is 21.1. The van der Waals surface area contributed by atoms with Crippen LogP contribution in [0.15, 0.2) is 48.5 Å². The third-order valence-corrected chi connectivity index (χ3v) is 6.70. The van der Waals surface area contributed by atoms with Crippen molar-refractivity contribution in [1.29, 1.82) is 0 Å². The molecule has 0 spiro atoms. The van der Waals surface area contributed by atoms with Gasteiger partial charge in [0.25, 0.3) is 5.91 Å². The minimum absolute atomic E-state index is 0.0786. The number of aromatic nitrogens is 2.